The van der Waals surface area contributed by atoms with Crippen molar-refractivity contribution in [3.05, 3.63) is 203 Å². The molecule has 1 aliphatic rings. The summed E-state index contributed by atoms with van der Waals surface area (Å²) in [6.07, 6.45) is 2.10. The maximum atomic E-state index is 12.5. The average Bonchev–Trinajstić information content (AvgIpc) is 3.80. The number of para-hydroxylation sites is 2. The summed E-state index contributed by atoms with van der Waals surface area (Å²) < 4.78 is 2.27. The molecule has 1 aliphatic carbocycles. The molecule has 0 atom stereocenters. The highest BCUT2D eigenvalue weighted by Crippen LogP contribution is 2.50. The fourth-order valence-corrected chi connectivity index (χ4v) is 10.2. The average molecular weight is 862 g/mol. The molecular formula is C62H59N3O. The van der Waals surface area contributed by atoms with Gasteiger partial charge >= 0.3 is 0 Å². The first-order valence-electron chi connectivity index (χ1n) is 23.3. The van der Waals surface area contributed by atoms with Crippen molar-refractivity contribution in [1.82, 2.24) is 14.5 Å². The molecular weight excluding hydrogens is 803 g/mol. The van der Waals surface area contributed by atoms with E-state index in [1.807, 2.05) is 0 Å². The molecule has 66 heavy (non-hydrogen) atoms. The van der Waals surface area contributed by atoms with Gasteiger partial charge in [-0.2, -0.15) is 0 Å². The van der Waals surface area contributed by atoms with Crippen molar-refractivity contribution in [3.8, 4) is 67.5 Å². The van der Waals surface area contributed by atoms with Crippen molar-refractivity contribution in [3.63, 3.8) is 0 Å². The SMILES string of the molecule is CC(C)(C)c1cc(-c2nc3c(-c4cc(-c5cc6c(cn5)C(C)(C)c5ccccc5-6)cc(C(C)(C)c5ccccc5)c4)cccc3n2-c2ccccc2-c2ccccc2)c(O)c(C(C)(C)C)c1. The zero-order valence-corrected chi connectivity index (χ0v) is 40.0. The fraction of sp³-hybridized carbons (Fsp3) is 0.226. The number of phenols is 1. The fourth-order valence-electron chi connectivity index (χ4n) is 10.2. The predicted octanol–water partition coefficient (Wildman–Crippen LogP) is 16.0. The standard InChI is InChI=1S/C62H59N3O/c1-59(2,3)43-35-49(57(66)51(36-43)60(4,5)6)58-64-56-46(28-21-31-55(56)65(58)54-30-20-18-26-45(54)39-22-13-11-14-23-39)40-32-41(34-44(33-40)61(7,8)42-24-15-12-16-25-42)53-37-48-47-27-17-19-29-50(47)62(9,10)52(48)38-63-53/h11-38,66H,1-10H3. The number of aromatic nitrogens is 3. The van der Waals surface area contributed by atoms with Gasteiger partial charge in [0.1, 0.15) is 11.6 Å². The number of hydrogen-bond acceptors (Lipinski definition) is 3. The molecule has 4 heteroatoms. The molecule has 0 saturated carbocycles. The van der Waals surface area contributed by atoms with Gasteiger partial charge in [-0.1, -0.05) is 197 Å². The van der Waals surface area contributed by atoms with Crippen molar-refractivity contribution in [2.45, 2.75) is 90.9 Å². The lowest BCUT2D eigenvalue weighted by Crippen LogP contribution is -2.19. The minimum atomic E-state index is -0.340. The molecule has 9 aromatic rings. The number of rotatable bonds is 7. The van der Waals surface area contributed by atoms with Gasteiger partial charge in [0.25, 0.3) is 0 Å². The second kappa shape index (κ2) is 15.6. The lowest BCUT2D eigenvalue weighted by Gasteiger charge is -2.27. The number of benzene rings is 7. The predicted molar refractivity (Wildman–Crippen MR) is 276 cm³/mol. The van der Waals surface area contributed by atoms with Gasteiger partial charge in [0, 0.05) is 39.3 Å². The molecule has 0 radical (unpaired) electrons. The summed E-state index contributed by atoms with van der Waals surface area (Å²) in [6.45, 7) is 22.4. The Morgan fingerprint density at radius 3 is 1.83 bits per heavy atom. The first-order valence-corrected chi connectivity index (χ1v) is 23.3. The number of pyridine rings is 1. The second-order valence-corrected chi connectivity index (χ2v) is 21.3. The summed E-state index contributed by atoms with van der Waals surface area (Å²) in [5, 5.41) is 12.5. The quantitative estimate of drug-likeness (QED) is 0.174. The van der Waals surface area contributed by atoms with Crippen LogP contribution in [0.4, 0.5) is 0 Å². The summed E-state index contributed by atoms with van der Waals surface area (Å²) >= 11 is 0. The van der Waals surface area contributed by atoms with E-state index in [0.717, 1.165) is 61.4 Å². The van der Waals surface area contributed by atoms with Crippen LogP contribution in [-0.2, 0) is 21.7 Å². The van der Waals surface area contributed by atoms with Crippen LogP contribution in [0.15, 0.2) is 170 Å². The van der Waals surface area contributed by atoms with Gasteiger partial charge in [-0.15, -0.1) is 0 Å². The van der Waals surface area contributed by atoms with Crippen molar-refractivity contribution < 1.29 is 5.11 Å². The van der Waals surface area contributed by atoms with Crippen LogP contribution >= 0.6 is 0 Å². The van der Waals surface area contributed by atoms with E-state index in [-0.39, 0.29) is 27.4 Å². The smallest absolute Gasteiger partial charge is 0.149 e. The minimum Gasteiger partial charge on any atom is -0.507 e. The molecule has 0 spiro atoms. The maximum absolute atomic E-state index is 12.5. The molecule has 328 valence electrons. The zero-order chi connectivity index (χ0) is 46.3. The minimum absolute atomic E-state index is 0.139. The molecule has 0 bridgehead atoms. The van der Waals surface area contributed by atoms with Gasteiger partial charge < -0.3 is 5.11 Å². The first kappa shape index (κ1) is 42.9. The van der Waals surface area contributed by atoms with Crippen molar-refractivity contribution >= 4 is 11.0 Å². The highest BCUT2D eigenvalue weighted by atomic mass is 16.3. The van der Waals surface area contributed by atoms with E-state index in [0.29, 0.717) is 11.4 Å². The molecule has 0 saturated heterocycles. The third-order valence-electron chi connectivity index (χ3n) is 14.2. The van der Waals surface area contributed by atoms with E-state index in [1.165, 1.54) is 33.4 Å². The Morgan fingerprint density at radius 1 is 0.485 bits per heavy atom. The van der Waals surface area contributed by atoms with E-state index >= 15 is 0 Å². The molecule has 0 fully saturated rings. The second-order valence-electron chi connectivity index (χ2n) is 21.3. The topological polar surface area (TPSA) is 50.9 Å². The Labute approximate surface area is 390 Å². The third kappa shape index (κ3) is 7.15. The Hall–Kier alpha value is -7.04. The molecule has 2 heterocycles. The summed E-state index contributed by atoms with van der Waals surface area (Å²) in [5.74, 6) is 0.949. The molecule has 0 aliphatic heterocycles. The molecule has 4 nitrogen and oxygen atoms in total. The summed E-state index contributed by atoms with van der Waals surface area (Å²) in [6, 6.07) is 58.8. The number of aromatic hydroxyl groups is 1. The van der Waals surface area contributed by atoms with Gasteiger partial charge in [0.15, 0.2) is 0 Å². The molecule has 0 unspecified atom stereocenters. The number of hydrogen-bond donors (Lipinski definition) is 1. The largest absolute Gasteiger partial charge is 0.507 e. The van der Waals surface area contributed by atoms with Crippen LogP contribution in [0.1, 0.15) is 103 Å². The van der Waals surface area contributed by atoms with E-state index in [9.17, 15) is 5.11 Å². The number of phenolic OH excluding ortho intramolecular Hbond substituents is 1. The van der Waals surface area contributed by atoms with Gasteiger partial charge in [-0.25, -0.2) is 4.98 Å². The van der Waals surface area contributed by atoms with Crippen LogP contribution < -0.4 is 0 Å². The molecule has 1 N–H and O–H groups in total. The van der Waals surface area contributed by atoms with Crippen LogP contribution in [0.3, 0.4) is 0 Å². The molecule has 10 rings (SSSR count). The van der Waals surface area contributed by atoms with Gasteiger partial charge in [-0.3, -0.25) is 9.55 Å². The van der Waals surface area contributed by atoms with E-state index < -0.39 is 0 Å². The number of fused-ring (bicyclic) bond motifs is 4. The molecule has 0 amide bonds. The van der Waals surface area contributed by atoms with Crippen LogP contribution in [0, 0.1) is 0 Å². The lowest BCUT2D eigenvalue weighted by atomic mass is 9.76. The van der Waals surface area contributed by atoms with Crippen LogP contribution in [0.25, 0.3) is 72.7 Å². The van der Waals surface area contributed by atoms with Crippen LogP contribution in [-0.4, -0.2) is 19.6 Å². The Balaban J connectivity index is 1.27. The Morgan fingerprint density at radius 2 is 1.12 bits per heavy atom. The highest BCUT2D eigenvalue weighted by Gasteiger charge is 2.36. The maximum Gasteiger partial charge on any atom is 0.149 e. The van der Waals surface area contributed by atoms with Crippen LogP contribution in [0.5, 0.6) is 5.75 Å². The van der Waals surface area contributed by atoms with Crippen molar-refractivity contribution in [1.29, 1.82) is 0 Å². The molecule has 7 aromatic carbocycles. The van der Waals surface area contributed by atoms with Gasteiger partial charge in [0.2, 0.25) is 0 Å². The summed E-state index contributed by atoms with van der Waals surface area (Å²) in [7, 11) is 0. The number of imidazole rings is 1. The van der Waals surface area contributed by atoms with E-state index in [4.69, 9.17) is 9.97 Å². The summed E-state index contributed by atoms with van der Waals surface area (Å²) in [4.78, 5) is 11.0. The molecule has 2 aromatic heterocycles. The van der Waals surface area contributed by atoms with E-state index in [1.54, 1.807) is 0 Å². The van der Waals surface area contributed by atoms with Gasteiger partial charge in [0.05, 0.1) is 28.0 Å². The highest BCUT2D eigenvalue weighted by molar-refractivity contribution is 5.98. The Bertz CT molecular complexity index is 3320. The first-order chi connectivity index (χ1) is 31.4. The van der Waals surface area contributed by atoms with Crippen LogP contribution in [0.2, 0.25) is 0 Å². The third-order valence-corrected chi connectivity index (χ3v) is 14.2. The van der Waals surface area contributed by atoms with Crippen molar-refractivity contribution in [2.75, 3.05) is 0 Å². The van der Waals surface area contributed by atoms with Crippen molar-refractivity contribution in [2.24, 2.45) is 0 Å². The van der Waals surface area contributed by atoms with Gasteiger partial charge in [-0.05, 0) is 97.3 Å². The normalized spacial score (nSPS) is 13.5. The van der Waals surface area contributed by atoms with E-state index in [2.05, 4.69) is 244 Å². The monoisotopic (exact) mass is 861 g/mol. The zero-order valence-electron chi connectivity index (χ0n) is 40.0. The lowest BCUT2D eigenvalue weighted by molar-refractivity contribution is 0.446. The summed E-state index contributed by atoms with van der Waals surface area (Å²) in [5.41, 5.74) is 18.3. The Kier molecular flexibility index (Phi) is 10.1. The number of nitrogens with zero attached hydrogens (tertiary/aromatic N) is 3.